The van der Waals surface area contributed by atoms with Gasteiger partial charge in [-0.3, -0.25) is 4.79 Å². The van der Waals surface area contributed by atoms with Crippen molar-refractivity contribution in [3.8, 4) is 0 Å². The summed E-state index contributed by atoms with van der Waals surface area (Å²) in [4.78, 5) is 10.6. The van der Waals surface area contributed by atoms with E-state index in [1.54, 1.807) is 0 Å². The molecule has 1 saturated carbocycles. The number of benzene rings is 1. The summed E-state index contributed by atoms with van der Waals surface area (Å²) in [6, 6.07) is 9.55. The molecule has 0 amide bonds. The monoisotopic (exact) mass is 270 g/mol. The van der Waals surface area contributed by atoms with Crippen LogP contribution in [0, 0.1) is 0 Å². The standard InChI is InChI=1S/C8H8O2.C4H7Br/c9-7-10-6-8-4-2-1-3-5-8;5-4-2-1-3-4/h1-5,7H,6H2;4H,1-3H2. The molecule has 0 saturated heterocycles. The fraction of sp³-hybridized carbons (Fsp3) is 0.417. The molecule has 0 atom stereocenters. The lowest BCUT2D eigenvalue weighted by Crippen LogP contribution is -2.07. The first-order chi connectivity index (χ1) is 7.33. The molecule has 1 aliphatic carbocycles. The second-order valence-corrected chi connectivity index (χ2v) is 4.72. The molecule has 1 fully saturated rings. The van der Waals surface area contributed by atoms with E-state index in [-0.39, 0.29) is 0 Å². The molecule has 1 aromatic carbocycles. The number of hydrogen-bond acceptors (Lipinski definition) is 2. The lowest BCUT2D eigenvalue weighted by Gasteiger charge is -2.16. The Balaban J connectivity index is 0.000000187. The summed E-state index contributed by atoms with van der Waals surface area (Å²) < 4.78 is 4.54. The average Bonchev–Trinajstić information content (AvgIpc) is 2.26. The van der Waals surface area contributed by atoms with Crippen LogP contribution in [0.2, 0.25) is 0 Å². The van der Waals surface area contributed by atoms with Gasteiger partial charge in [0.05, 0.1) is 0 Å². The predicted molar refractivity (Wildman–Crippen MR) is 63.9 cm³/mol. The van der Waals surface area contributed by atoms with Crippen molar-refractivity contribution in [3.63, 3.8) is 0 Å². The minimum absolute atomic E-state index is 0.365. The van der Waals surface area contributed by atoms with Crippen molar-refractivity contribution in [1.82, 2.24) is 0 Å². The fourth-order valence-corrected chi connectivity index (χ4v) is 1.71. The summed E-state index contributed by atoms with van der Waals surface area (Å²) in [6.07, 6.45) is 4.25. The van der Waals surface area contributed by atoms with E-state index >= 15 is 0 Å². The van der Waals surface area contributed by atoms with Gasteiger partial charge in [-0.1, -0.05) is 52.7 Å². The van der Waals surface area contributed by atoms with Crippen molar-refractivity contribution in [2.24, 2.45) is 0 Å². The lowest BCUT2D eigenvalue weighted by atomic mass is 10.0. The lowest BCUT2D eigenvalue weighted by molar-refractivity contribution is -0.129. The largest absolute Gasteiger partial charge is 0.463 e. The van der Waals surface area contributed by atoms with Crippen LogP contribution in [0.15, 0.2) is 30.3 Å². The quantitative estimate of drug-likeness (QED) is 0.623. The third-order valence-electron chi connectivity index (χ3n) is 2.20. The Hall–Kier alpha value is -0.830. The number of alkyl halides is 1. The van der Waals surface area contributed by atoms with E-state index in [1.165, 1.54) is 19.3 Å². The minimum atomic E-state index is 0.365. The van der Waals surface area contributed by atoms with Gasteiger partial charge in [0.2, 0.25) is 0 Å². The van der Waals surface area contributed by atoms with Gasteiger partial charge in [-0.15, -0.1) is 0 Å². The van der Waals surface area contributed by atoms with Crippen molar-refractivity contribution >= 4 is 22.4 Å². The molecule has 0 N–H and O–H groups in total. The third kappa shape index (κ3) is 5.57. The van der Waals surface area contributed by atoms with E-state index in [0.29, 0.717) is 13.1 Å². The van der Waals surface area contributed by atoms with Gasteiger partial charge in [0.1, 0.15) is 6.61 Å². The number of hydrogen-bond donors (Lipinski definition) is 0. The molecular formula is C12H15BrO2. The summed E-state index contributed by atoms with van der Waals surface area (Å²) in [7, 11) is 0. The van der Waals surface area contributed by atoms with Crippen LogP contribution >= 0.6 is 15.9 Å². The smallest absolute Gasteiger partial charge is 0.293 e. The van der Waals surface area contributed by atoms with E-state index in [4.69, 9.17) is 0 Å². The molecule has 0 bridgehead atoms. The molecule has 0 heterocycles. The average molecular weight is 271 g/mol. The molecule has 0 radical (unpaired) electrons. The maximum Gasteiger partial charge on any atom is 0.293 e. The second-order valence-electron chi connectivity index (χ2n) is 3.42. The summed E-state index contributed by atoms with van der Waals surface area (Å²) in [5, 5.41) is 0. The molecule has 3 heteroatoms. The fourth-order valence-electron chi connectivity index (χ4n) is 1.06. The molecule has 82 valence electrons. The van der Waals surface area contributed by atoms with Crippen molar-refractivity contribution in [2.75, 3.05) is 0 Å². The number of halogens is 1. The Labute approximate surface area is 98.8 Å². The van der Waals surface area contributed by atoms with Crippen molar-refractivity contribution < 1.29 is 9.53 Å². The summed E-state index contributed by atoms with van der Waals surface area (Å²) in [6.45, 7) is 0.817. The molecular weight excluding hydrogens is 256 g/mol. The van der Waals surface area contributed by atoms with Crippen LogP contribution in [0.3, 0.4) is 0 Å². The van der Waals surface area contributed by atoms with Gasteiger partial charge in [-0.05, 0) is 18.4 Å². The van der Waals surface area contributed by atoms with Gasteiger partial charge in [0, 0.05) is 4.83 Å². The highest BCUT2D eigenvalue weighted by Gasteiger charge is 2.11. The minimum Gasteiger partial charge on any atom is -0.463 e. The van der Waals surface area contributed by atoms with Gasteiger partial charge in [-0.2, -0.15) is 0 Å². The number of ether oxygens (including phenoxy) is 1. The molecule has 0 spiro atoms. The van der Waals surface area contributed by atoms with Crippen molar-refractivity contribution in [2.45, 2.75) is 30.7 Å². The van der Waals surface area contributed by atoms with Crippen LogP contribution in [0.5, 0.6) is 0 Å². The first kappa shape index (κ1) is 12.2. The van der Waals surface area contributed by atoms with Gasteiger partial charge in [0.25, 0.3) is 6.47 Å². The summed E-state index contributed by atoms with van der Waals surface area (Å²) in [5.74, 6) is 0. The molecule has 1 aliphatic rings. The normalized spacial score (nSPS) is 14.5. The van der Waals surface area contributed by atoms with Crippen LogP contribution < -0.4 is 0 Å². The van der Waals surface area contributed by atoms with Crippen LogP contribution in [0.25, 0.3) is 0 Å². The first-order valence-electron chi connectivity index (χ1n) is 5.06. The predicted octanol–water partition coefficient (Wildman–Crippen LogP) is 3.29. The molecule has 0 aliphatic heterocycles. The SMILES string of the molecule is BrC1CCC1.O=COCc1ccccc1. The van der Waals surface area contributed by atoms with Crippen LogP contribution in [-0.2, 0) is 16.1 Å². The zero-order valence-corrected chi connectivity index (χ0v) is 10.2. The molecule has 0 aromatic heterocycles. The Morgan fingerprint density at radius 3 is 2.33 bits per heavy atom. The maximum absolute atomic E-state index is 9.76. The topological polar surface area (TPSA) is 26.3 Å². The molecule has 1 aromatic rings. The zero-order chi connectivity index (χ0) is 10.9. The third-order valence-corrected chi connectivity index (χ3v) is 3.11. The molecule has 15 heavy (non-hydrogen) atoms. The first-order valence-corrected chi connectivity index (χ1v) is 5.97. The highest BCUT2D eigenvalue weighted by atomic mass is 79.9. The van der Waals surface area contributed by atoms with Gasteiger partial charge >= 0.3 is 0 Å². The Bertz CT molecular complexity index is 270. The van der Waals surface area contributed by atoms with Crippen LogP contribution in [0.1, 0.15) is 24.8 Å². The van der Waals surface area contributed by atoms with Gasteiger partial charge < -0.3 is 4.74 Å². The highest BCUT2D eigenvalue weighted by Crippen LogP contribution is 2.25. The van der Waals surface area contributed by atoms with E-state index < -0.39 is 0 Å². The Morgan fingerprint density at radius 2 is 1.93 bits per heavy atom. The molecule has 2 rings (SSSR count). The number of rotatable bonds is 3. The summed E-state index contributed by atoms with van der Waals surface area (Å²) in [5.41, 5.74) is 1.01. The van der Waals surface area contributed by atoms with E-state index in [9.17, 15) is 4.79 Å². The number of carbonyl (C=O) groups is 1. The van der Waals surface area contributed by atoms with E-state index in [0.717, 1.165) is 10.4 Å². The Kier molecular flexibility index (Phi) is 6.09. The maximum atomic E-state index is 9.76. The van der Waals surface area contributed by atoms with E-state index in [1.807, 2.05) is 30.3 Å². The highest BCUT2D eigenvalue weighted by molar-refractivity contribution is 9.09. The second kappa shape index (κ2) is 7.46. The zero-order valence-electron chi connectivity index (χ0n) is 8.56. The van der Waals surface area contributed by atoms with Crippen molar-refractivity contribution in [1.29, 1.82) is 0 Å². The van der Waals surface area contributed by atoms with Crippen LogP contribution in [0.4, 0.5) is 0 Å². The molecule has 0 unspecified atom stereocenters. The van der Waals surface area contributed by atoms with Crippen molar-refractivity contribution in [3.05, 3.63) is 35.9 Å². The Morgan fingerprint density at radius 1 is 1.33 bits per heavy atom. The molecule has 2 nitrogen and oxygen atoms in total. The van der Waals surface area contributed by atoms with Gasteiger partial charge in [0.15, 0.2) is 0 Å². The van der Waals surface area contributed by atoms with Gasteiger partial charge in [-0.25, -0.2) is 0 Å². The van der Waals surface area contributed by atoms with E-state index in [2.05, 4.69) is 20.7 Å². The summed E-state index contributed by atoms with van der Waals surface area (Å²) >= 11 is 3.46. The number of carbonyl (C=O) groups excluding carboxylic acids is 1. The van der Waals surface area contributed by atoms with Crippen LogP contribution in [-0.4, -0.2) is 11.3 Å².